The lowest BCUT2D eigenvalue weighted by Crippen LogP contribution is -1.94. The Morgan fingerprint density at radius 2 is 2.55 bits per heavy atom. The molecule has 0 saturated carbocycles. The minimum atomic E-state index is 0.683. The Bertz CT molecular complexity index is 392. The van der Waals surface area contributed by atoms with Crippen LogP contribution in [0.25, 0.3) is 10.9 Å². The van der Waals surface area contributed by atoms with Crippen LogP contribution >= 0.6 is 0 Å². The van der Waals surface area contributed by atoms with Gasteiger partial charge in [-0.05, 0) is 18.2 Å². The van der Waals surface area contributed by atoms with Crippen LogP contribution in [0, 0.1) is 6.07 Å². The van der Waals surface area contributed by atoms with E-state index in [1.165, 1.54) is 4.68 Å². The van der Waals surface area contributed by atoms with Crippen molar-refractivity contribution in [1.29, 1.82) is 0 Å². The number of aromatic nitrogens is 2. The van der Waals surface area contributed by atoms with Gasteiger partial charge in [0.15, 0.2) is 0 Å². The Morgan fingerprint density at radius 3 is 3.36 bits per heavy atom. The van der Waals surface area contributed by atoms with Crippen molar-refractivity contribution in [2.24, 2.45) is 0 Å². The monoisotopic (exact) mass is 145 g/mol. The summed E-state index contributed by atoms with van der Waals surface area (Å²) < 4.78 is 1.29. The van der Waals surface area contributed by atoms with Gasteiger partial charge in [-0.2, -0.15) is 5.10 Å². The molecule has 0 spiro atoms. The number of hydrogen-bond donors (Lipinski definition) is 0. The van der Waals surface area contributed by atoms with Crippen molar-refractivity contribution >= 4 is 17.3 Å². The second kappa shape index (κ2) is 2.20. The molecule has 3 nitrogen and oxygen atoms in total. The highest BCUT2D eigenvalue weighted by molar-refractivity contribution is 5.83. The third-order valence-electron chi connectivity index (χ3n) is 1.54. The minimum Gasteiger partial charge on any atom is -0.276 e. The Kier molecular flexibility index (Phi) is 1.22. The molecule has 2 rings (SSSR count). The molecule has 2 aromatic rings. The fourth-order valence-corrected chi connectivity index (χ4v) is 1.02. The summed E-state index contributed by atoms with van der Waals surface area (Å²) in [5.41, 5.74) is 0.818. The van der Waals surface area contributed by atoms with E-state index in [0.717, 1.165) is 10.9 Å². The van der Waals surface area contributed by atoms with Gasteiger partial charge in [0.2, 0.25) is 6.41 Å². The molecule has 0 aliphatic rings. The summed E-state index contributed by atoms with van der Waals surface area (Å²) in [6, 6.07) is 8.25. The highest BCUT2D eigenvalue weighted by atomic mass is 16.1. The highest BCUT2D eigenvalue weighted by Gasteiger charge is 1.97. The molecule has 3 heteroatoms. The predicted octanol–water partition coefficient (Wildman–Crippen LogP) is 0.875. The predicted molar refractivity (Wildman–Crippen MR) is 40.7 cm³/mol. The molecule has 1 aromatic carbocycles. The SMILES string of the molecule is O=Cn1ncc2c[c]ccc21. The van der Waals surface area contributed by atoms with E-state index in [0.29, 0.717) is 6.41 Å². The van der Waals surface area contributed by atoms with Gasteiger partial charge in [-0.1, -0.05) is 6.07 Å². The van der Waals surface area contributed by atoms with Crippen LogP contribution in [0.15, 0.2) is 24.4 Å². The summed E-state index contributed by atoms with van der Waals surface area (Å²) >= 11 is 0. The van der Waals surface area contributed by atoms with Gasteiger partial charge < -0.3 is 0 Å². The normalized spacial score (nSPS) is 10.2. The van der Waals surface area contributed by atoms with Crippen molar-refractivity contribution in [1.82, 2.24) is 9.78 Å². The molecule has 53 valence electrons. The maximum absolute atomic E-state index is 10.4. The largest absolute Gasteiger partial charge is 0.276 e. The summed E-state index contributed by atoms with van der Waals surface area (Å²) in [4.78, 5) is 10.4. The number of fused-ring (bicyclic) bond motifs is 1. The third-order valence-corrected chi connectivity index (χ3v) is 1.54. The minimum absolute atomic E-state index is 0.683. The first-order valence-corrected chi connectivity index (χ1v) is 3.20. The Hall–Kier alpha value is -1.64. The summed E-state index contributed by atoms with van der Waals surface area (Å²) in [6.07, 6.45) is 2.32. The van der Waals surface area contributed by atoms with E-state index in [2.05, 4.69) is 11.2 Å². The van der Waals surface area contributed by atoms with Gasteiger partial charge in [0.1, 0.15) is 0 Å². The van der Waals surface area contributed by atoms with Gasteiger partial charge in [-0.3, -0.25) is 4.79 Å². The lowest BCUT2D eigenvalue weighted by Gasteiger charge is -1.88. The molecule has 0 atom stereocenters. The molecule has 1 heterocycles. The van der Waals surface area contributed by atoms with E-state index >= 15 is 0 Å². The lowest BCUT2D eigenvalue weighted by atomic mass is 10.3. The fourth-order valence-electron chi connectivity index (χ4n) is 1.02. The van der Waals surface area contributed by atoms with Crippen molar-refractivity contribution < 1.29 is 4.79 Å². The summed E-state index contributed by atoms with van der Waals surface area (Å²) in [6.45, 7) is 0. The number of benzene rings is 1. The molecule has 1 radical (unpaired) electrons. The summed E-state index contributed by atoms with van der Waals surface area (Å²) in [7, 11) is 0. The maximum atomic E-state index is 10.4. The number of carbonyl (C=O) groups is 1. The lowest BCUT2D eigenvalue weighted by molar-refractivity contribution is 0.542. The van der Waals surface area contributed by atoms with E-state index in [-0.39, 0.29) is 0 Å². The average molecular weight is 145 g/mol. The fraction of sp³-hybridized carbons (Fsp3) is 0. The molecule has 0 unspecified atom stereocenters. The Morgan fingerprint density at radius 1 is 1.64 bits per heavy atom. The molecule has 0 fully saturated rings. The molecule has 0 bridgehead atoms. The maximum Gasteiger partial charge on any atom is 0.234 e. The van der Waals surface area contributed by atoms with Crippen molar-refractivity contribution in [2.45, 2.75) is 0 Å². The van der Waals surface area contributed by atoms with Crippen LogP contribution in [0.5, 0.6) is 0 Å². The van der Waals surface area contributed by atoms with E-state index in [4.69, 9.17) is 0 Å². The third kappa shape index (κ3) is 0.816. The topological polar surface area (TPSA) is 34.9 Å². The summed E-state index contributed by atoms with van der Waals surface area (Å²) in [5.74, 6) is 0. The molecule has 11 heavy (non-hydrogen) atoms. The molecular weight excluding hydrogens is 140 g/mol. The number of carbonyl (C=O) groups excluding carboxylic acids is 1. The highest BCUT2D eigenvalue weighted by Crippen LogP contribution is 2.09. The zero-order chi connectivity index (χ0) is 7.68. The van der Waals surface area contributed by atoms with Crippen LogP contribution in [-0.2, 0) is 4.79 Å². The van der Waals surface area contributed by atoms with Crippen LogP contribution in [0.1, 0.15) is 0 Å². The molecular formula is C8H5N2O. The van der Waals surface area contributed by atoms with Crippen molar-refractivity contribution in [3.8, 4) is 0 Å². The first-order chi connectivity index (χ1) is 5.42. The molecule has 0 saturated heterocycles. The van der Waals surface area contributed by atoms with Gasteiger partial charge in [0, 0.05) is 5.39 Å². The standard InChI is InChI=1S/C8H5N2O/c11-6-10-8-4-2-1-3-7(8)5-9-10/h2-6H. The van der Waals surface area contributed by atoms with E-state index in [9.17, 15) is 4.79 Å². The van der Waals surface area contributed by atoms with Gasteiger partial charge in [-0.15, -0.1) is 0 Å². The van der Waals surface area contributed by atoms with E-state index in [1.807, 2.05) is 0 Å². The quantitative estimate of drug-likeness (QED) is 0.558. The summed E-state index contributed by atoms with van der Waals surface area (Å²) in [5, 5.41) is 4.77. The smallest absolute Gasteiger partial charge is 0.234 e. The molecule has 0 N–H and O–H groups in total. The zero-order valence-electron chi connectivity index (χ0n) is 5.69. The number of rotatable bonds is 1. The number of hydrogen-bond acceptors (Lipinski definition) is 2. The molecule has 0 aliphatic heterocycles. The van der Waals surface area contributed by atoms with E-state index in [1.54, 1.807) is 24.4 Å². The van der Waals surface area contributed by atoms with Crippen LogP contribution in [0.3, 0.4) is 0 Å². The second-order valence-corrected chi connectivity index (χ2v) is 2.18. The van der Waals surface area contributed by atoms with Crippen LogP contribution in [-0.4, -0.2) is 16.2 Å². The Balaban J connectivity index is 2.86. The van der Waals surface area contributed by atoms with Crippen LogP contribution in [0.4, 0.5) is 0 Å². The van der Waals surface area contributed by atoms with Gasteiger partial charge in [0.25, 0.3) is 0 Å². The second-order valence-electron chi connectivity index (χ2n) is 2.18. The molecule has 0 amide bonds. The Labute approximate surface area is 63.2 Å². The first kappa shape index (κ1) is 6.09. The van der Waals surface area contributed by atoms with Crippen LogP contribution < -0.4 is 0 Å². The van der Waals surface area contributed by atoms with Crippen molar-refractivity contribution in [2.75, 3.05) is 0 Å². The van der Waals surface area contributed by atoms with Crippen molar-refractivity contribution in [3.05, 3.63) is 30.5 Å². The van der Waals surface area contributed by atoms with E-state index < -0.39 is 0 Å². The zero-order valence-corrected chi connectivity index (χ0v) is 5.69. The average Bonchev–Trinajstić information content (AvgIpc) is 2.47. The van der Waals surface area contributed by atoms with Gasteiger partial charge in [-0.25, -0.2) is 4.68 Å². The van der Waals surface area contributed by atoms with Crippen LogP contribution in [0.2, 0.25) is 0 Å². The van der Waals surface area contributed by atoms with Gasteiger partial charge >= 0.3 is 0 Å². The van der Waals surface area contributed by atoms with Gasteiger partial charge in [0.05, 0.1) is 11.7 Å². The van der Waals surface area contributed by atoms with Crippen molar-refractivity contribution in [3.63, 3.8) is 0 Å². The molecule has 0 aliphatic carbocycles. The first-order valence-electron chi connectivity index (χ1n) is 3.20. The molecule has 1 aromatic heterocycles. The number of nitrogens with zero attached hydrogens (tertiary/aromatic N) is 2.